The first-order valence-corrected chi connectivity index (χ1v) is 8.61. The molecular formula is C16H30N2O2S. The second-order valence-corrected chi connectivity index (χ2v) is 5.59. The van der Waals surface area contributed by atoms with Crippen molar-refractivity contribution in [2.75, 3.05) is 18.8 Å². The number of nitrogens with one attached hydrogen (secondary N) is 2. The van der Waals surface area contributed by atoms with Gasteiger partial charge in [0.15, 0.2) is 0 Å². The lowest BCUT2D eigenvalue weighted by Gasteiger charge is -2.06. The van der Waals surface area contributed by atoms with E-state index in [1.54, 1.807) is 0 Å². The van der Waals surface area contributed by atoms with Crippen molar-refractivity contribution in [3.05, 3.63) is 12.7 Å². The second kappa shape index (κ2) is 15.4. The van der Waals surface area contributed by atoms with Gasteiger partial charge in [-0.1, -0.05) is 38.7 Å². The number of carbonyl (C=O) groups excluding carboxylic acids is 2. The molecule has 0 fully saturated rings. The molecule has 5 heteroatoms. The molecule has 0 aromatic carbocycles. The maximum Gasteiger partial charge on any atom is 0.243 e. The Morgan fingerprint density at radius 3 is 2.05 bits per heavy atom. The minimum absolute atomic E-state index is 0.111. The predicted molar refractivity (Wildman–Crippen MR) is 91.6 cm³/mol. The Hall–Kier alpha value is -0.970. The molecule has 0 saturated heterocycles. The highest BCUT2D eigenvalue weighted by atomic mass is 32.1. The monoisotopic (exact) mass is 314 g/mol. The molecule has 0 aromatic heterocycles. The van der Waals surface area contributed by atoms with Gasteiger partial charge in [0.2, 0.25) is 11.8 Å². The van der Waals surface area contributed by atoms with Gasteiger partial charge in [-0.05, 0) is 31.1 Å². The van der Waals surface area contributed by atoms with Crippen molar-refractivity contribution in [2.24, 2.45) is 0 Å². The van der Waals surface area contributed by atoms with E-state index in [2.05, 4.69) is 29.8 Å². The van der Waals surface area contributed by atoms with Crippen LogP contribution in [0.3, 0.4) is 0 Å². The molecule has 0 aliphatic rings. The third kappa shape index (κ3) is 15.2. The lowest BCUT2D eigenvalue weighted by molar-refractivity contribution is -0.121. The number of thiol groups is 1. The van der Waals surface area contributed by atoms with Crippen molar-refractivity contribution in [1.82, 2.24) is 10.6 Å². The summed E-state index contributed by atoms with van der Waals surface area (Å²) in [6, 6.07) is 0. The minimum atomic E-state index is -0.171. The summed E-state index contributed by atoms with van der Waals surface area (Å²) < 4.78 is 0. The third-order valence-electron chi connectivity index (χ3n) is 3.22. The van der Waals surface area contributed by atoms with Crippen LogP contribution in [0, 0.1) is 0 Å². The molecule has 0 spiro atoms. The van der Waals surface area contributed by atoms with Crippen LogP contribution < -0.4 is 10.6 Å². The van der Waals surface area contributed by atoms with E-state index in [0.29, 0.717) is 19.5 Å². The van der Waals surface area contributed by atoms with Gasteiger partial charge in [0, 0.05) is 19.5 Å². The van der Waals surface area contributed by atoms with Crippen LogP contribution >= 0.6 is 12.6 Å². The lowest BCUT2D eigenvalue weighted by atomic mass is 10.1. The Balaban J connectivity index is 3.23. The zero-order chi connectivity index (χ0) is 15.8. The molecular weight excluding hydrogens is 284 g/mol. The highest BCUT2D eigenvalue weighted by molar-refractivity contribution is 7.80. The van der Waals surface area contributed by atoms with Gasteiger partial charge >= 0.3 is 0 Å². The van der Waals surface area contributed by atoms with E-state index < -0.39 is 0 Å². The fourth-order valence-corrected chi connectivity index (χ4v) is 2.19. The average Bonchev–Trinajstić information content (AvgIpc) is 2.49. The molecule has 0 radical (unpaired) electrons. The van der Waals surface area contributed by atoms with Gasteiger partial charge in [-0.15, -0.1) is 0 Å². The lowest BCUT2D eigenvalue weighted by Crippen LogP contribution is -2.28. The SMILES string of the molecule is C=CC(=O)NCCCNC(=O)CCCCCCCCCS. The Morgan fingerprint density at radius 1 is 0.857 bits per heavy atom. The quantitative estimate of drug-likeness (QED) is 0.262. The Morgan fingerprint density at radius 2 is 1.43 bits per heavy atom. The van der Waals surface area contributed by atoms with Crippen molar-refractivity contribution in [2.45, 2.75) is 57.8 Å². The van der Waals surface area contributed by atoms with Crippen LogP contribution in [0.25, 0.3) is 0 Å². The van der Waals surface area contributed by atoms with Crippen LogP contribution in [0.2, 0.25) is 0 Å². The third-order valence-corrected chi connectivity index (χ3v) is 3.54. The summed E-state index contributed by atoms with van der Waals surface area (Å²) in [5.41, 5.74) is 0. The first-order chi connectivity index (χ1) is 10.2. The molecule has 4 nitrogen and oxygen atoms in total. The van der Waals surface area contributed by atoms with E-state index in [9.17, 15) is 9.59 Å². The van der Waals surface area contributed by atoms with Crippen LogP contribution in [0.15, 0.2) is 12.7 Å². The molecule has 122 valence electrons. The summed E-state index contributed by atoms with van der Waals surface area (Å²) in [6.45, 7) is 4.55. The van der Waals surface area contributed by atoms with Gasteiger partial charge in [-0.25, -0.2) is 0 Å². The van der Waals surface area contributed by atoms with E-state index in [1.165, 1.54) is 38.2 Å². The molecule has 0 heterocycles. The Bertz CT molecular complexity index is 296. The summed E-state index contributed by atoms with van der Waals surface area (Å²) in [5, 5.41) is 5.54. The van der Waals surface area contributed by atoms with E-state index in [0.717, 1.165) is 25.0 Å². The van der Waals surface area contributed by atoms with Gasteiger partial charge in [-0.3, -0.25) is 9.59 Å². The summed E-state index contributed by atoms with van der Waals surface area (Å²) in [6.07, 6.45) is 10.9. The van der Waals surface area contributed by atoms with Gasteiger partial charge in [0.05, 0.1) is 0 Å². The smallest absolute Gasteiger partial charge is 0.243 e. The van der Waals surface area contributed by atoms with Crippen LogP contribution in [-0.4, -0.2) is 30.7 Å². The molecule has 2 amide bonds. The molecule has 0 aromatic rings. The van der Waals surface area contributed by atoms with Crippen LogP contribution in [0.5, 0.6) is 0 Å². The number of amides is 2. The number of hydrogen-bond donors (Lipinski definition) is 3. The van der Waals surface area contributed by atoms with E-state index >= 15 is 0 Å². The Labute approximate surface area is 134 Å². The largest absolute Gasteiger partial charge is 0.356 e. The molecule has 0 rings (SSSR count). The van der Waals surface area contributed by atoms with E-state index in [-0.39, 0.29) is 11.8 Å². The molecule has 0 saturated carbocycles. The molecule has 21 heavy (non-hydrogen) atoms. The fourth-order valence-electron chi connectivity index (χ4n) is 1.97. The van der Waals surface area contributed by atoms with E-state index in [4.69, 9.17) is 0 Å². The Kier molecular flexibility index (Phi) is 14.7. The van der Waals surface area contributed by atoms with Crippen LogP contribution in [-0.2, 0) is 9.59 Å². The van der Waals surface area contributed by atoms with E-state index in [1.807, 2.05) is 0 Å². The molecule has 0 atom stereocenters. The molecule has 2 N–H and O–H groups in total. The van der Waals surface area contributed by atoms with Crippen LogP contribution in [0.1, 0.15) is 57.8 Å². The van der Waals surface area contributed by atoms with Gasteiger partial charge in [0.25, 0.3) is 0 Å². The first kappa shape index (κ1) is 20.0. The summed E-state index contributed by atoms with van der Waals surface area (Å²) in [7, 11) is 0. The van der Waals surface area contributed by atoms with Crippen molar-refractivity contribution in [1.29, 1.82) is 0 Å². The zero-order valence-corrected chi connectivity index (χ0v) is 13.9. The fraction of sp³-hybridized carbons (Fsp3) is 0.750. The van der Waals surface area contributed by atoms with Crippen molar-refractivity contribution >= 4 is 24.4 Å². The maximum atomic E-state index is 11.5. The summed E-state index contributed by atoms with van der Waals surface area (Å²) in [4.78, 5) is 22.4. The van der Waals surface area contributed by atoms with Crippen LogP contribution in [0.4, 0.5) is 0 Å². The van der Waals surface area contributed by atoms with Crippen molar-refractivity contribution in [3.8, 4) is 0 Å². The van der Waals surface area contributed by atoms with Crippen molar-refractivity contribution in [3.63, 3.8) is 0 Å². The number of rotatable bonds is 14. The minimum Gasteiger partial charge on any atom is -0.356 e. The normalized spacial score (nSPS) is 10.1. The molecule has 0 aliphatic carbocycles. The zero-order valence-electron chi connectivity index (χ0n) is 13.0. The van der Waals surface area contributed by atoms with Gasteiger partial charge in [-0.2, -0.15) is 12.6 Å². The standard InChI is InChI=1S/C16H30N2O2S/c1-2-15(19)17-12-10-13-18-16(20)11-8-6-4-3-5-7-9-14-21/h2,21H,1,3-14H2,(H,17,19)(H,18,20). The maximum absolute atomic E-state index is 11.5. The predicted octanol–water partition coefficient (Wildman–Crippen LogP) is 2.85. The number of unbranched alkanes of at least 4 members (excludes halogenated alkanes) is 6. The average molecular weight is 314 g/mol. The molecule has 0 unspecified atom stereocenters. The topological polar surface area (TPSA) is 58.2 Å². The first-order valence-electron chi connectivity index (χ1n) is 7.98. The van der Waals surface area contributed by atoms with Gasteiger partial charge < -0.3 is 10.6 Å². The molecule has 0 bridgehead atoms. The van der Waals surface area contributed by atoms with Crippen molar-refractivity contribution < 1.29 is 9.59 Å². The number of carbonyl (C=O) groups is 2. The highest BCUT2D eigenvalue weighted by Crippen LogP contribution is 2.08. The highest BCUT2D eigenvalue weighted by Gasteiger charge is 2.00. The summed E-state index contributed by atoms with van der Waals surface area (Å²) >= 11 is 4.19. The molecule has 0 aliphatic heterocycles. The van der Waals surface area contributed by atoms with Gasteiger partial charge in [0.1, 0.15) is 0 Å². The summed E-state index contributed by atoms with van der Waals surface area (Å²) in [5.74, 6) is 0.924. The number of hydrogen-bond acceptors (Lipinski definition) is 3. The second-order valence-electron chi connectivity index (χ2n) is 5.15.